The van der Waals surface area contributed by atoms with Gasteiger partial charge in [0.15, 0.2) is 0 Å². The summed E-state index contributed by atoms with van der Waals surface area (Å²) in [5.41, 5.74) is 5.64. The third kappa shape index (κ3) is 5.79. The quantitative estimate of drug-likeness (QED) is 0.385. The summed E-state index contributed by atoms with van der Waals surface area (Å²) < 4.78 is 1.88. The van der Waals surface area contributed by atoms with Crippen LogP contribution in [-0.4, -0.2) is 40.4 Å². The maximum Gasteiger partial charge on any atom is 0.240 e. The van der Waals surface area contributed by atoms with Crippen molar-refractivity contribution in [2.75, 3.05) is 23.7 Å². The molecule has 2 aromatic carbocycles. The minimum absolute atomic E-state index is 0.0679. The molecule has 6 nitrogen and oxygen atoms in total. The summed E-state index contributed by atoms with van der Waals surface area (Å²) in [4.78, 5) is 28.5. The molecule has 0 bridgehead atoms. The number of thioether (sulfide) groups is 1. The molecule has 1 unspecified atom stereocenters. The van der Waals surface area contributed by atoms with Gasteiger partial charge in [-0.2, -0.15) is 5.10 Å². The Hall–Kier alpha value is -2.77. The molecule has 202 valence electrons. The van der Waals surface area contributed by atoms with Crippen molar-refractivity contribution in [1.29, 1.82) is 0 Å². The number of nitrogens with zero attached hydrogens (tertiary/aromatic N) is 3. The topological polar surface area (TPSA) is 67.2 Å². The summed E-state index contributed by atoms with van der Waals surface area (Å²) in [6.45, 7) is 15.1. The van der Waals surface area contributed by atoms with Crippen molar-refractivity contribution in [3.8, 4) is 5.69 Å². The molecule has 0 aliphatic carbocycles. The number of benzene rings is 2. The standard InChI is InChI=1S/C30H37ClN4O2S/c1-18(2)15-32-24(36)16-34-25(37)17-38-27(21-11-9-12-22(31)14-21)26-28(30(5,6)7)33-35(29(26)34)23-13-8-10-19(3)20(23)4/h8-14,18,27H,15-17H2,1-7H3,(H,32,36). The van der Waals surface area contributed by atoms with Crippen LogP contribution in [0.1, 0.15) is 67.8 Å². The van der Waals surface area contributed by atoms with Crippen LogP contribution in [0.4, 0.5) is 5.82 Å². The smallest absolute Gasteiger partial charge is 0.240 e. The van der Waals surface area contributed by atoms with Crippen LogP contribution in [0.2, 0.25) is 5.02 Å². The lowest BCUT2D eigenvalue weighted by atomic mass is 9.87. The number of nitrogens with one attached hydrogen (secondary N) is 1. The van der Waals surface area contributed by atoms with Gasteiger partial charge in [-0.3, -0.25) is 14.5 Å². The highest BCUT2D eigenvalue weighted by Gasteiger charge is 2.40. The van der Waals surface area contributed by atoms with E-state index in [0.717, 1.165) is 33.6 Å². The van der Waals surface area contributed by atoms with Crippen molar-refractivity contribution in [2.45, 2.75) is 59.1 Å². The average molecular weight is 553 g/mol. The fraction of sp³-hybridized carbons (Fsp3) is 0.433. The normalized spacial score (nSPS) is 16.0. The van der Waals surface area contributed by atoms with Crippen molar-refractivity contribution in [2.24, 2.45) is 5.92 Å². The molecule has 2 heterocycles. The maximum atomic E-state index is 13.7. The number of carbonyl (C=O) groups excluding carboxylic acids is 2. The molecule has 1 aromatic heterocycles. The van der Waals surface area contributed by atoms with Crippen LogP contribution >= 0.6 is 23.4 Å². The minimum atomic E-state index is -0.316. The molecular formula is C30H37ClN4O2S. The van der Waals surface area contributed by atoms with Gasteiger partial charge in [-0.25, -0.2) is 4.68 Å². The van der Waals surface area contributed by atoms with Gasteiger partial charge < -0.3 is 5.32 Å². The second-order valence-electron chi connectivity index (χ2n) is 11.4. The SMILES string of the molecule is Cc1cccc(-n2nc(C(C)(C)C)c3c2N(CC(=O)NCC(C)C)C(=O)CSC3c2cccc(Cl)c2)c1C. The van der Waals surface area contributed by atoms with E-state index in [1.165, 1.54) is 0 Å². The molecule has 3 aromatic rings. The van der Waals surface area contributed by atoms with Gasteiger partial charge in [0.1, 0.15) is 12.4 Å². The third-order valence-corrected chi connectivity index (χ3v) is 8.25. The molecule has 0 spiro atoms. The minimum Gasteiger partial charge on any atom is -0.354 e. The van der Waals surface area contributed by atoms with Crippen LogP contribution in [0.15, 0.2) is 42.5 Å². The van der Waals surface area contributed by atoms with Gasteiger partial charge in [-0.15, -0.1) is 11.8 Å². The summed E-state index contributed by atoms with van der Waals surface area (Å²) >= 11 is 7.98. The highest BCUT2D eigenvalue weighted by atomic mass is 35.5. The summed E-state index contributed by atoms with van der Waals surface area (Å²) in [7, 11) is 0. The van der Waals surface area contributed by atoms with E-state index in [0.29, 0.717) is 23.3 Å². The van der Waals surface area contributed by atoms with E-state index >= 15 is 0 Å². The van der Waals surface area contributed by atoms with E-state index in [-0.39, 0.29) is 34.8 Å². The van der Waals surface area contributed by atoms with Crippen LogP contribution in [0.5, 0.6) is 0 Å². The van der Waals surface area contributed by atoms with E-state index in [1.54, 1.807) is 16.7 Å². The fourth-order valence-corrected chi connectivity index (χ4v) is 6.04. The van der Waals surface area contributed by atoms with Crippen LogP contribution in [0.25, 0.3) is 5.69 Å². The van der Waals surface area contributed by atoms with Crippen LogP contribution in [0.3, 0.4) is 0 Å². The summed E-state index contributed by atoms with van der Waals surface area (Å²) in [6, 6.07) is 13.9. The number of anilines is 1. The molecule has 1 atom stereocenters. The van der Waals surface area contributed by atoms with E-state index in [4.69, 9.17) is 16.7 Å². The number of amides is 2. The van der Waals surface area contributed by atoms with E-state index in [1.807, 2.05) is 54.9 Å². The van der Waals surface area contributed by atoms with E-state index in [9.17, 15) is 9.59 Å². The molecule has 0 fully saturated rings. The highest BCUT2D eigenvalue weighted by Crippen LogP contribution is 2.48. The zero-order chi connectivity index (χ0) is 27.8. The highest BCUT2D eigenvalue weighted by molar-refractivity contribution is 8.00. The number of halogens is 1. The van der Waals surface area contributed by atoms with Crippen molar-refractivity contribution >= 4 is 41.0 Å². The van der Waals surface area contributed by atoms with Gasteiger partial charge in [-0.05, 0) is 54.7 Å². The van der Waals surface area contributed by atoms with Gasteiger partial charge in [0.05, 0.1) is 22.4 Å². The molecule has 0 saturated heterocycles. The first kappa shape index (κ1) is 28.2. The van der Waals surface area contributed by atoms with Crippen LogP contribution in [0, 0.1) is 19.8 Å². The number of carbonyl (C=O) groups is 2. The second-order valence-corrected chi connectivity index (χ2v) is 12.9. The van der Waals surface area contributed by atoms with Crippen molar-refractivity contribution in [1.82, 2.24) is 15.1 Å². The van der Waals surface area contributed by atoms with Gasteiger partial charge in [0.2, 0.25) is 11.8 Å². The Labute approximate surface area is 235 Å². The Balaban J connectivity index is 2.01. The third-order valence-electron chi connectivity index (χ3n) is 6.76. The van der Waals surface area contributed by atoms with Crippen molar-refractivity contribution in [3.63, 3.8) is 0 Å². The molecular weight excluding hydrogens is 516 g/mol. The average Bonchev–Trinajstić information content (AvgIpc) is 3.17. The summed E-state index contributed by atoms with van der Waals surface area (Å²) in [5.74, 6) is 0.899. The Morgan fingerprint density at radius 2 is 1.89 bits per heavy atom. The Bertz CT molecular complexity index is 1360. The van der Waals surface area contributed by atoms with Crippen LogP contribution in [-0.2, 0) is 15.0 Å². The maximum absolute atomic E-state index is 13.7. The number of aryl methyl sites for hydroxylation is 1. The molecule has 0 radical (unpaired) electrons. The lowest BCUT2D eigenvalue weighted by Gasteiger charge is -2.25. The number of rotatable bonds is 6. The largest absolute Gasteiger partial charge is 0.354 e. The van der Waals surface area contributed by atoms with Crippen LogP contribution < -0.4 is 10.2 Å². The van der Waals surface area contributed by atoms with Gasteiger partial charge in [0, 0.05) is 22.5 Å². The first-order chi connectivity index (χ1) is 17.9. The zero-order valence-electron chi connectivity index (χ0n) is 23.3. The number of aromatic nitrogens is 2. The molecule has 1 N–H and O–H groups in total. The predicted octanol–water partition coefficient (Wildman–Crippen LogP) is 6.38. The lowest BCUT2D eigenvalue weighted by Crippen LogP contribution is -2.43. The molecule has 4 rings (SSSR count). The molecule has 1 aliphatic heterocycles. The fourth-order valence-electron chi connectivity index (χ4n) is 4.66. The monoisotopic (exact) mass is 552 g/mol. The van der Waals surface area contributed by atoms with Gasteiger partial charge in [-0.1, -0.05) is 70.5 Å². The Kier molecular flexibility index (Phi) is 8.29. The molecule has 0 saturated carbocycles. The predicted molar refractivity (Wildman–Crippen MR) is 158 cm³/mol. The van der Waals surface area contributed by atoms with Crippen molar-refractivity contribution < 1.29 is 9.59 Å². The lowest BCUT2D eigenvalue weighted by molar-refractivity contribution is -0.123. The molecule has 38 heavy (non-hydrogen) atoms. The first-order valence-corrected chi connectivity index (χ1v) is 14.4. The second kappa shape index (κ2) is 11.1. The Morgan fingerprint density at radius 3 is 2.55 bits per heavy atom. The molecule has 2 amide bonds. The summed E-state index contributed by atoms with van der Waals surface area (Å²) in [5, 5.41) is 8.63. The zero-order valence-corrected chi connectivity index (χ0v) is 24.8. The van der Waals surface area contributed by atoms with E-state index in [2.05, 4.69) is 46.0 Å². The van der Waals surface area contributed by atoms with Gasteiger partial charge in [0.25, 0.3) is 0 Å². The van der Waals surface area contributed by atoms with Gasteiger partial charge >= 0.3 is 0 Å². The van der Waals surface area contributed by atoms with Crippen molar-refractivity contribution in [3.05, 3.63) is 75.4 Å². The number of fused-ring (bicyclic) bond motifs is 1. The number of hydrogen-bond acceptors (Lipinski definition) is 4. The Morgan fingerprint density at radius 1 is 1.18 bits per heavy atom. The first-order valence-electron chi connectivity index (χ1n) is 13.0. The van der Waals surface area contributed by atoms with E-state index < -0.39 is 0 Å². The molecule has 8 heteroatoms. The summed E-state index contributed by atoms with van der Waals surface area (Å²) in [6.07, 6.45) is 0. The number of hydrogen-bond donors (Lipinski definition) is 1. The molecule has 1 aliphatic rings.